The van der Waals surface area contributed by atoms with Crippen LogP contribution in [0.25, 0.3) is 0 Å². The van der Waals surface area contributed by atoms with Crippen molar-refractivity contribution in [1.29, 1.82) is 0 Å². The zero-order valence-corrected chi connectivity index (χ0v) is 14.3. The zero-order valence-electron chi connectivity index (χ0n) is 13.5. The van der Waals surface area contributed by atoms with Crippen molar-refractivity contribution < 1.29 is 4.79 Å². The quantitative estimate of drug-likeness (QED) is 0.934. The Kier molecular flexibility index (Phi) is 4.91. The van der Waals surface area contributed by atoms with Crippen LogP contribution >= 0.6 is 11.3 Å². The van der Waals surface area contributed by atoms with E-state index in [1.165, 1.54) is 11.3 Å². The average molecular weight is 330 g/mol. The summed E-state index contributed by atoms with van der Waals surface area (Å²) in [6.45, 7) is 5.79. The van der Waals surface area contributed by atoms with E-state index < -0.39 is 0 Å². The first-order chi connectivity index (χ1) is 11.1. The third-order valence-electron chi connectivity index (χ3n) is 4.07. The van der Waals surface area contributed by atoms with Gasteiger partial charge in [0.25, 0.3) is 5.91 Å². The number of nitrogens with one attached hydrogen (secondary N) is 1. The Labute approximate surface area is 140 Å². The minimum Gasteiger partial charge on any atom is -0.365 e. The number of hydrogen-bond donors (Lipinski definition) is 1. The molecule has 2 aromatic heterocycles. The van der Waals surface area contributed by atoms with Gasteiger partial charge in [0.15, 0.2) is 0 Å². The summed E-state index contributed by atoms with van der Waals surface area (Å²) in [6.07, 6.45) is 3.67. The van der Waals surface area contributed by atoms with E-state index in [0.717, 1.165) is 42.3 Å². The van der Waals surface area contributed by atoms with Crippen LogP contribution in [-0.4, -0.2) is 39.9 Å². The molecule has 0 spiro atoms. The van der Waals surface area contributed by atoms with E-state index in [1.807, 2.05) is 28.5 Å². The third-order valence-corrected chi connectivity index (χ3v) is 4.93. The number of nitrogens with zero attached hydrogens (tertiary/aromatic N) is 3. The second-order valence-electron chi connectivity index (χ2n) is 6.19. The van der Waals surface area contributed by atoms with Crippen molar-refractivity contribution in [2.45, 2.75) is 38.6 Å². The molecule has 0 bridgehead atoms. The van der Waals surface area contributed by atoms with Crippen LogP contribution in [0.3, 0.4) is 0 Å². The fraction of sp³-hybridized carbons (Fsp3) is 0.471. The molecular weight excluding hydrogens is 308 g/mol. The second kappa shape index (κ2) is 7.08. The topological polar surface area (TPSA) is 58.1 Å². The van der Waals surface area contributed by atoms with Crippen LogP contribution in [0.5, 0.6) is 0 Å². The van der Waals surface area contributed by atoms with E-state index in [-0.39, 0.29) is 11.9 Å². The van der Waals surface area contributed by atoms with Gasteiger partial charge in [-0.05, 0) is 30.2 Å². The molecule has 122 valence electrons. The minimum absolute atomic E-state index is 0.136. The van der Waals surface area contributed by atoms with Gasteiger partial charge in [-0.3, -0.25) is 4.79 Å². The summed E-state index contributed by atoms with van der Waals surface area (Å²) in [5.41, 5.74) is 1.03. The van der Waals surface area contributed by atoms with Gasteiger partial charge in [0.05, 0.1) is 4.88 Å². The number of anilines is 1. The number of carbonyl (C=O) groups is 1. The summed E-state index contributed by atoms with van der Waals surface area (Å²) < 4.78 is 0. The second-order valence-corrected chi connectivity index (χ2v) is 7.14. The summed E-state index contributed by atoms with van der Waals surface area (Å²) in [7, 11) is 0. The van der Waals surface area contributed by atoms with Gasteiger partial charge in [-0.25, -0.2) is 9.97 Å². The minimum atomic E-state index is 0.136. The van der Waals surface area contributed by atoms with E-state index in [2.05, 4.69) is 29.1 Å². The summed E-state index contributed by atoms with van der Waals surface area (Å²) in [5, 5.41) is 5.41. The molecule has 0 radical (unpaired) electrons. The molecule has 1 N–H and O–H groups in total. The summed E-state index contributed by atoms with van der Waals surface area (Å²) in [5.74, 6) is 1.36. The highest BCUT2D eigenvalue weighted by Crippen LogP contribution is 2.20. The molecule has 1 atom stereocenters. The molecule has 3 heterocycles. The maximum Gasteiger partial charge on any atom is 0.263 e. The van der Waals surface area contributed by atoms with E-state index in [0.29, 0.717) is 5.92 Å². The number of piperidine rings is 1. The Morgan fingerprint density at radius 1 is 1.43 bits per heavy atom. The molecule has 0 aliphatic carbocycles. The smallest absolute Gasteiger partial charge is 0.263 e. The lowest BCUT2D eigenvalue weighted by Gasteiger charge is -2.33. The molecule has 0 saturated carbocycles. The lowest BCUT2D eigenvalue weighted by molar-refractivity contribution is 0.0719. The van der Waals surface area contributed by atoms with Crippen LogP contribution in [-0.2, 0) is 0 Å². The number of amides is 1. The molecule has 1 aliphatic rings. The lowest BCUT2D eigenvalue weighted by atomic mass is 10.1. The van der Waals surface area contributed by atoms with Crippen molar-refractivity contribution in [3.05, 3.63) is 40.5 Å². The third kappa shape index (κ3) is 3.88. The van der Waals surface area contributed by atoms with Crippen molar-refractivity contribution in [2.24, 2.45) is 0 Å². The van der Waals surface area contributed by atoms with Gasteiger partial charge in [0.1, 0.15) is 12.1 Å². The maximum absolute atomic E-state index is 12.5. The van der Waals surface area contributed by atoms with Gasteiger partial charge < -0.3 is 10.2 Å². The van der Waals surface area contributed by atoms with Crippen LogP contribution in [0, 0.1) is 0 Å². The summed E-state index contributed by atoms with van der Waals surface area (Å²) in [6, 6.07) is 6.06. The first-order valence-corrected chi connectivity index (χ1v) is 8.92. The fourth-order valence-corrected chi connectivity index (χ4v) is 3.50. The Hall–Kier alpha value is -1.95. The van der Waals surface area contributed by atoms with E-state index >= 15 is 0 Å². The van der Waals surface area contributed by atoms with Crippen molar-refractivity contribution in [2.75, 3.05) is 18.4 Å². The molecular formula is C17H22N4OS. The van der Waals surface area contributed by atoms with E-state index in [4.69, 9.17) is 0 Å². The van der Waals surface area contributed by atoms with Gasteiger partial charge in [-0.1, -0.05) is 19.9 Å². The summed E-state index contributed by atoms with van der Waals surface area (Å²) >= 11 is 1.50. The van der Waals surface area contributed by atoms with Crippen LogP contribution in [0.2, 0.25) is 0 Å². The van der Waals surface area contributed by atoms with Gasteiger partial charge in [-0.15, -0.1) is 11.3 Å². The first kappa shape index (κ1) is 15.9. The molecule has 2 aromatic rings. The number of aromatic nitrogens is 2. The highest BCUT2D eigenvalue weighted by Gasteiger charge is 2.25. The van der Waals surface area contributed by atoms with Gasteiger partial charge >= 0.3 is 0 Å². The first-order valence-electron chi connectivity index (χ1n) is 8.04. The Balaban J connectivity index is 1.65. The fourth-order valence-electron chi connectivity index (χ4n) is 2.81. The van der Waals surface area contributed by atoms with Gasteiger partial charge in [0.2, 0.25) is 0 Å². The number of likely N-dealkylation sites (tertiary alicyclic amines) is 1. The molecule has 0 unspecified atom stereocenters. The van der Waals surface area contributed by atoms with Crippen LogP contribution in [0.4, 0.5) is 5.82 Å². The lowest BCUT2D eigenvalue weighted by Crippen LogP contribution is -2.45. The molecule has 5 nitrogen and oxygen atoms in total. The predicted molar refractivity (Wildman–Crippen MR) is 93.0 cm³/mol. The van der Waals surface area contributed by atoms with E-state index in [1.54, 1.807) is 6.33 Å². The standard InChI is InChI=1S/C17H22N4OS/c1-12(2)14-9-16(19-11-18-14)20-13-5-3-7-21(10-13)17(22)15-6-4-8-23-15/h4,6,8-9,11-13H,3,5,7,10H2,1-2H3,(H,18,19,20)/t13-/m0/s1. The number of rotatable bonds is 4. The number of thiophene rings is 1. The molecule has 1 saturated heterocycles. The SMILES string of the molecule is CC(C)c1cc(N[C@H]2CCCN(C(=O)c3cccs3)C2)ncn1. The van der Waals surface area contributed by atoms with E-state index in [9.17, 15) is 4.79 Å². The Morgan fingerprint density at radius 2 is 2.30 bits per heavy atom. The largest absolute Gasteiger partial charge is 0.365 e. The molecule has 1 aliphatic heterocycles. The molecule has 1 fully saturated rings. The highest BCUT2D eigenvalue weighted by atomic mass is 32.1. The van der Waals surface area contributed by atoms with Crippen LogP contribution < -0.4 is 5.32 Å². The van der Waals surface area contributed by atoms with Crippen molar-refractivity contribution in [3.8, 4) is 0 Å². The highest BCUT2D eigenvalue weighted by molar-refractivity contribution is 7.12. The average Bonchev–Trinajstić information content (AvgIpc) is 3.09. The zero-order chi connectivity index (χ0) is 16.2. The molecule has 1 amide bonds. The van der Waals surface area contributed by atoms with Gasteiger partial charge in [0, 0.05) is 30.9 Å². The number of carbonyl (C=O) groups excluding carboxylic acids is 1. The molecule has 23 heavy (non-hydrogen) atoms. The molecule has 6 heteroatoms. The molecule has 0 aromatic carbocycles. The Bertz CT molecular complexity index is 656. The summed E-state index contributed by atoms with van der Waals surface area (Å²) in [4.78, 5) is 23.8. The monoisotopic (exact) mass is 330 g/mol. The Morgan fingerprint density at radius 3 is 3.04 bits per heavy atom. The van der Waals surface area contributed by atoms with Crippen molar-refractivity contribution in [3.63, 3.8) is 0 Å². The number of hydrogen-bond acceptors (Lipinski definition) is 5. The predicted octanol–water partition coefficient (Wildman–Crippen LogP) is 3.38. The maximum atomic E-state index is 12.5. The van der Waals surface area contributed by atoms with Crippen molar-refractivity contribution in [1.82, 2.24) is 14.9 Å². The van der Waals surface area contributed by atoms with Crippen molar-refractivity contribution >= 4 is 23.1 Å². The van der Waals surface area contributed by atoms with Gasteiger partial charge in [-0.2, -0.15) is 0 Å². The normalized spacial score (nSPS) is 18.2. The van der Waals surface area contributed by atoms with Crippen LogP contribution in [0.15, 0.2) is 29.9 Å². The molecule has 3 rings (SSSR count). The van der Waals surface area contributed by atoms with Crippen LogP contribution in [0.1, 0.15) is 48.0 Å².